The Kier molecular flexibility index (Phi) is 5.50. The zero-order valence-electron chi connectivity index (χ0n) is 14.5. The molecule has 5 nitrogen and oxygen atoms in total. The first-order valence-corrected chi connectivity index (χ1v) is 9.50. The molecule has 0 atom stereocenters. The summed E-state index contributed by atoms with van der Waals surface area (Å²) in [6.07, 6.45) is 1.46. The lowest BCUT2D eigenvalue weighted by Crippen LogP contribution is -2.30. The van der Waals surface area contributed by atoms with Gasteiger partial charge in [0.1, 0.15) is 11.5 Å². The summed E-state index contributed by atoms with van der Waals surface area (Å²) in [4.78, 5) is 8.74. The lowest BCUT2D eigenvalue weighted by atomic mass is 10.2. The molecule has 0 saturated carbocycles. The molecule has 2 aromatic carbocycles. The molecule has 148 valence electrons. The predicted molar refractivity (Wildman–Crippen MR) is 106 cm³/mol. The first kappa shape index (κ1) is 19.4. The summed E-state index contributed by atoms with van der Waals surface area (Å²) in [5.74, 6) is -2.21. The third-order valence-corrected chi connectivity index (χ3v) is 5.07. The molecule has 2 N–H and O–H groups in total. The number of ether oxygens (including phenoxy) is 1. The maximum Gasteiger partial charge on any atom is 0.206 e. The normalized spacial score (nSPS) is 14.1. The predicted octanol–water partition coefficient (Wildman–Crippen LogP) is 5.52. The van der Waals surface area contributed by atoms with Crippen LogP contribution in [0.25, 0.3) is 0 Å². The molecule has 4 rings (SSSR count). The Balaban J connectivity index is 1.64. The lowest BCUT2D eigenvalue weighted by molar-refractivity contribution is 0.416. The second kappa shape index (κ2) is 8.22. The van der Waals surface area contributed by atoms with Crippen molar-refractivity contribution in [1.82, 2.24) is 9.71 Å². The summed E-state index contributed by atoms with van der Waals surface area (Å²) in [6.45, 7) is -0.0391. The molecule has 0 amide bonds. The number of nitrogens with one attached hydrogen (secondary N) is 2. The Bertz CT molecular complexity index is 1090. The van der Waals surface area contributed by atoms with E-state index in [1.165, 1.54) is 42.6 Å². The topological polar surface area (TPSA) is 58.5 Å². The quantitative estimate of drug-likeness (QED) is 0.527. The number of rotatable bonds is 4. The number of aromatic nitrogens is 1. The van der Waals surface area contributed by atoms with Gasteiger partial charge in [-0.05, 0) is 48.3 Å². The number of hydrogen-bond acceptors (Lipinski definition) is 4. The van der Waals surface area contributed by atoms with Crippen molar-refractivity contribution < 1.29 is 17.9 Å². The van der Waals surface area contributed by atoms with Gasteiger partial charge in [0.05, 0.1) is 22.2 Å². The number of fused-ring (bicyclic) bond motifs is 1. The number of pyridine rings is 1. The minimum atomic E-state index is -0.726. The molecule has 1 aliphatic rings. The van der Waals surface area contributed by atoms with Gasteiger partial charge >= 0.3 is 0 Å². The molecule has 0 aliphatic carbocycles. The standard InChI is InChI=1S/C19H12ClF3N4OS/c20-10-3-1-4-12(22)17(10)28-18-13(23)6-7-15-16(18)26-19(27-29-15)25-9-14-11(21)5-2-8-24-14/h1-8H,9H2,(H2,25,26,27). The first-order chi connectivity index (χ1) is 14.0. The molecule has 2 heterocycles. The highest BCUT2D eigenvalue weighted by Gasteiger charge is 2.23. The van der Waals surface area contributed by atoms with E-state index in [1.54, 1.807) is 0 Å². The Morgan fingerprint density at radius 2 is 1.79 bits per heavy atom. The number of benzene rings is 2. The molecule has 0 saturated heterocycles. The smallest absolute Gasteiger partial charge is 0.206 e. The number of aliphatic imine (C=N–C) groups is 1. The van der Waals surface area contributed by atoms with Crippen LogP contribution in [0.3, 0.4) is 0 Å². The Morgan fingerprint density at radius 1 is 1.00 bits per heavy atom. The fraction of sp³-hybridized carbons (Fsp3) is 0.0526. The van der Waals surface area contributed by atoms with E-state index < -0.39 is 17.5 Å². The van der Waals surface area contributed by atoms with Gasteiger partial charge in [-0.1, -0.05) is 17.7 Å². The van der Waals surface area contributed by atoms with Gasteiger partial charge in [0, 0.05) is 6.20 Å². The molecule has 1 aromatic heterocycles. The maximum atomic E-state index is 14.5. The van der Waals surface area contributed by atoms with Gasteiger partial charge in [-0.3, -0.25) is 9.71 Å². The van der Waals surface area contributed by atoms with Crippen molar-refractivity contribution in [3.05, 3.63) is 76.8 Å². The van der Waals surface area contributed by atoms with Crippen molar-refractivity contribution in [2.24, 2.45) is 4.99 Å². The Hall–Kier alpha value is -2.91. The molecule has 0 fully saturated rings. The van der Waals surface area contributed by atoms with Crippen LogP contribution in [0.2, 0.25) is 5.02 Å². The van der Waals surface area contributed by atoms with Gasteiger partial charge < -0.3 is 10.1 Å². The second-order valence-electron chi connectivity index (χ2n) is 5.83. The summed E-state index contributed by atoms with van der Waals surface area (Å²) < 4.78 is 50.7. The van der Waals surface area contributed by atoms with Crippen LogP contribution >= 0.6 is 23.5 Å². The van der Waals surface area contributed by atoms with E-state index in [0.29, 0.717) is 4.90 Å². The third-order valence-electron chi connectivity index (χ3n) is 3.92. The van der Waals surface area contributed by atoms with Crippen LogP contribution in [0, 0.1) is 17.5 Å². The van der Waals surface area contributed by atoms with Crippen molar-refractivity contribution in [3.8, 4) is 11.5 Å². The molecular weight excluding hydrogens is 425 g/mol. The van der Waals surface area contributed by atoms with Crippen molar-refractivity contribution in [2.75, 3.05) is 5.32 Å². The molecule has 0 bridgehead atoms. The largest absolute Gasteiger partial charge is 0.447 e. The average Bonchev–Trinajstić information content (AvgIpc) is 2.71. The van der Waals surface area contributed by atoms with E-state index in [1.807, 2.05) is 0 Å². The van der Waals surface area contributed by atoms with Crippen LogP contribution in [-0.2, 0) is 6.54 Å². The van der Waals surface area contributed by atoms with Gasteiger partial charge in [0.15, 0.2) is 23.1 Å². The highest BCUT2D eigenvalue weighted by molar-refractivity contribution is 7.98. The molecule has 0 radical (unpaired) electrons. The van der Waals surface area contributed by atoms with E-state index in [9.17, 15) is 13.2 Å². The van der Waals surface area contributed by atoms with Crippen LogP contribution in [-0.4, -0.2) is 10.9 Å². The summed E-state index contributed by atoms with van der Waals surface area (Å²) in [5.41, 5.74) is 0.404. The average molecular weight is 437 g/mol. The maximum absolute atomic E-state index is 14.5. The number of hydrogen-bond donors (Lipinski definition) is 2. The van der Waals surface area contributed by atoms with E-state index in [-0.39, 0.29) is 40.4 Å². The zero-order chi connectivity index (χ0) is 20.4. The SMILES string of the molecule is Fc1cccnc1CN=C1NSc2ccc(F)c(Oc3c(F)cccc3Cl)c2N1. The molecule has 3 aromatic rings. The molecule has 0 spiro atoms. The Morgan fingerprint density at radius 3 is 2.59 bits per heavy atom. The zero-order valence-corrected chi connectivity index (χ0v) is 16.1. The molecule has 1 aliphatic heterocycles. The first-order valence-electron chi connectivity index (χ1n) is 8.31. The summed E-state index contributed by atoms with van der Waals surface area (Å²) in [6, 6.07) is 9.51. The van der Waals surface area contributed by atoms with E-state index in [0.717, 1.165) is 18.0 Å². The summed E-state index contributed by atoms with van der Waals surface area (Å²) >= 11 is 7.13. The van der Waals surface area contributed by atoms with Crippen LogP contribution < -0.4 is 14.8 Å². The Labute approximate surface area is 173 Å². The van der Waals surface area contributed by atoms with Gasteiger partial charge in [-0.2, -0.15) is 0 Å². The molecule has 10 heteroatoms. The van der Waals surface area contributed by atoms with Crippen molar-refractivity contribution in [1.29, 1.82) is 0 Å². The molecule has 0 unspecified atom stereocenters. The number of nitrogens with zero attached hydrogens (tertiary/aromatic N) is 2. The van der Waals surface area contributed by atoms with E-state index in [2.05, 4.69) is 20.0 Å². The highest BCUT2D eigenvalue weighted by Crippen LogP contribution is 2.42. The van der Waals surface area contributed by atoms with Gasteiger partial charge in [-0.25, -0.2) is 18.2 Å². The van der Waals surface area contributed by atoms with Crippen molar-refractivity contribution >= 4 is 35.2 Å². The van der Waals surface area contributed by atoms with Crippen LogP contribution in [0.4, 0.5) is 18.9 Å². The van der Waals surface area contributed by atoms with Crippen LogP contribution in [0.15, 0.2) is 58.5 Å². The van der Waals surface area contributed by atoms with Crippen LogP contribution in [0.1, 0.15) is 5.69 Å². The number of halogens is 4. The highest BCUT2D eigenvalue weighted by atomic mass is 35.5. The summed E-state index contributed by atoms with van der Waals surface area (Å²) in [7, 11) is 0. The fourth-order valence-corrected chi connectivity index (χ4v) is 3.44. The lowest BCUT2D eigenvalue weighted by Gasteiger charge is -2.23. The molecule has 29 heavy (non-hydrogen) atoms. The summed E-state index contributed by atoms with van der Waals surface area (Å²) in [5, 5.41) is 2.90. The minimum Gasteiger partial charge on any atom is -0.447 e. The monoisotopic (exact) mass is 436 g/mol. The van der Waals surface area contributed by atoms with Crippen molar-refractivity contribution in [3.63, 3.8) is 0 Å². The van der Waals surface area contributed by atoms with Gasteiger partial charge in [0.25, 0.3) is 0 Å². The third kappa shape index (κ3) is 4.10. The van der Waals surface area contributed by atoms with Crippen LogP contribution in [0.5, 0.6) is 11.5 Å². The van der Waals surface area contributed by atoms with Crippen molar-refractivity contribution in [2.45, 2.75) is 11.4 Å². The fourth-order valence-electron chi connectivity index (χ4n) is 2.53. The number of anilines is 1. The van der Waals surface area contributed by atoms with Gasteiger partial charge in [0.2, 0.25) is 5.96 Å². The number of para-hydroxylation sites is 1. The van der Waals surface area contributed by atoms with Gasteiger partial charge in [-0.15, -0.1) is 0 Å². The van der Waals surface area contributed by atoms with E-state index in [4.69, 9.17) is 16.3 Å². The minimum absolute atomic E-state index is 0.00288. The van der Waals surface area contributed by atoms with E-state index >= 15 is 0 Å². The molecular formula is C19H12ClF3N4OS. The number of guanidine groups is 1. The second-order valence-corrected chi connectivity index (χ2v) is 7.08.